The number of methoxy groups -OCH3 is 2. The molecule has 4 rings (SSSR count). The molecule has 0 saturated heterocycles. The number of phenols is 1. The van der Waals surface area contributed by atoms with E-state index in [1.165, 1.54) is 5.56 Å². The molecule has 4 aromatic rings. The van der Waals surface area contributed by atoms with Crippen molar-refractivity contribution in [1.82, 2.24) is 0 Å². The van der Waals surface area contributed by atoms with Gasteiger partial charge in [-0.05, 0) is 49.1 Å². The molecule has 1 atom stereocenters. The van der Waals surface area contributed by atoms with Gasteiger partial charge >= 0.3 is 0 Å². The van der Waals surface area contributed by atoms with E-state index in [1.54, 1.807) is 38.6 Å². The van der Waals surface area contributed by atoms with Gasteiger partial charge in [0.05, 0.1) is 20.3 Å². The Kier molecular flexibility index (Phi) is 8.60. The summed E-state index contributed by atoms with van der Waals surface area (Å²) in [6, 6.07) is 31.6. The van der Waals surface area contributed by atoms with Crippen LogP contribution in [0.4, 0.5) is 0 Å². The molecule has 0 fully saturated rings. The number of nitrogens with zero attached hydrogens (tertiary/aromatic N) is 1. The van der Waals surface area contributed by atoms with Crippen molar-refractivity contribution in [2.45, 2.75) is 30.9 Å². The van der Waals surface area contributed by atoms with Crippen molar-refractivity contribution in [1.29, 1.82) is 0 Å². The molecule has 0 aromatic heterocycles. The van der Waals surface area contributed by atoms with Gasteiger partial charge in [-0.3, -0.25) is 4.99 Å². The quantitative estimate of drug-likeness (QED) is 0.245. The van der Waals surface area contributed by atoms with Crippen LogP contribution in [0, 0.1) is 0 Å². The summed E-state index contributed by atoms with van der Waals surface area (Å²) >= 11 is 0. The first-order chi connectivity index (χ1) is 18.1. The molecule has 0 bridgehead atoms. The third-order valence-electron chi connectivity index (χ3n) is 6.63. The Balaban J connectivity index is 1.84. The maximum absolute atomic E-state index is 12.7. The molecule has 190 valence electrons. The van der Waals surface area contributed by atoms with Gasteiger partial charge < -0.3 is 19.7 Å². The largest absolute Gasteiger partial charge is 0.507 e. The summed E-state index contributed by atoms with van der Waals surface area (Å²) in [6.07, 6.45) is 3.85. The van der Waals surface area contributed by atoms with Crippen LogP contribution in [0.1, 0.15) is 35.1 Å². The Morgan fingerprint density at radius 1 is 0.757 bits per heavy atom. The Labute approximate surface area is 218 Å². The van der Waals surface area contributed by atoms with Crippen LogP contribution in [0.5, 0.6) is 17.2 Å². The molecule has 0 spiro atoms. The average molecular weight is 496 g/mol. The van der Waals surface area contributed by atoms with Gasteiger partial charge in [-0.25, -0.2) is 0 Å². The second-order valence-electron chi connectivity index (χ2n) is 8.90. The summed E-state index contributed by atoms with van der Waals surface area (Å²) in [4.78, 5) is 4.92. The molecular formula is C32H33NO4. The molecule has 0 aliphatic carbocycles. The maximum Gasteiger partial charge on any atom is 0.144 e. The van der Waals surface area contributed by atoms with Gasteiger partial charge in [0.25, 0.3) is 0 Å². The third-order valence-corrected chi connectivity index (χ3v) is 6.63. The maximum atomic E-state index is 12.7. The summed E-state index contributed by atoms with van der Waals surface area (Å²) in [5.41, 5.74) is 1.43. The predicted molar refractivity (Wildman–Crippen MR) is 148 cm³/mol. The van der Waals surface area contributed by atoms with Crippen LogP contribution in [-0.4, -0.2) is 36.7 Å². The van der Waals surface area contributed by atoms with Crippen molar-refractivity contribution in [2.75, 3.05) is 14.2 Å². The predicted octanol–water partition coefficient (Wildman–Crippen LogP) is 6.16. The number of benzene rings is 4. The number of rotatable bonds is 11. The van der Waals surface area contributed by atoms with Gasteiger partial charge in [0.2, 0.25) is 0 Å². The summed E-state index contributed by atoms with van der Waals surface area (Å²) in [5.74, 6) is 1.25. The first kappa shape index (κ1) is 26.0. The smallest absolute Gasteiger partial charge is 0.144 e. The summed E-state index contributed by atoms with van der Waals surface area (Å²) in [5, 5.41) is 23.1. The zero-order valence-electron chi connectivity index (χ0n) is 21.2. The molecule has 0 aliphatic heterocycles. The molecule has 0 amide bonds. The lowest BCUT2D eigenvalue weighted by molar-refractivity contribution is 0.0442. The molecule has 4 aromatic carbocycles. The van der Waals surface area contributed by atoms with E-state index in [0.29, 0.717) is 34.6 Å². The molecule has 0 saturated carbocycles. The molecule has 0 radical (unpaired) electrons. The number of ether oxygens (including phenoxy) is 2. The van der Waals surface area contributed by atoms with Gasteiger partial charge in [-0.15, -0.1) is 0 Å². The molecular weight excluding hydrogens is 462 g/mol. The van der Waals surface area contributed by atoms with Crippen LogP contribution < -0.4 is 9.47 Å². The molecule has 5 heteroatoms. The van der Waals surface area contributed by atoms with E-state index in [-0.39, 0.29) is 5.75 Å². The summed E-state index contributed by atoms with van der Waals surface area (Å²) in [6.45, 7) is 0. The number of aromatic hydroxyl groups is 1. The highest BCUT2D eigenvalue weighted by Crippen LogP contribution is 2.44. The van der Waals surface area contributed by atoms with E-state index in [1.807, 2.05) is 72.8 Å². The van der Waals surface area contributed by atoms with E-state index in [2.05, 4.69) is 12.1 Å². The highest BCUT2D eigenvalue weighted by atomic mass is 16.5. The van der Waals surface area contributed by atoms with Crippen molar-refractivity contribution < 1.29 is 19.7 Å². The number of hydrogen-bond donors (Lipinski definition) is 2. The molecule has 0 heterocycles. The van der Waals surface area contributed by atoms with Gasteiger partial charge in [-0.1, -0.05) is 78.9 Å². The normalized spacial score (nSPS) is 12.4. The van der Waals surface area contributed by atoms with Gasteiger partial charge in [0, 0.05) is 22.9 Å². The van der Waals surface area contributed by atoms with E-state index in [0.717, 1.165) is 12.8 Å². The fraction of sp³-hybridized carbons (Fsp3) is 0.219. The Hall–Kier alpha value is -4.09. The molecule has 37 heavy (non-hydrogen) atoms. The Morgan fingerprint density at radius 3 is 1.89 bits per heavy atom. The molecule has 0 aliphatic rings. The number of para-hydroxylation sites is 3. The van der Waals surface area contributed by atoms with Crippen molar-refractivity contribution in [3.8, 4) is 17.2 Å². The summed E-state index contributed by atoms with van der Waals surface area (Å²) < 4.78 is 11.4. The fourth-order valence-corrected chi connectivity index (χ4v) is 4.73. The van der Waals surface area contributed by atoms with Gasteiger partial charge in [0.15, 0.2) is 0 Å². The summed E-state index contributed by atoms with van der Waals surface area (Å²) in [7, 11) is 3.19. The Bertz CT molecular complexity index is 1270. The monoisotopic (exact) mass is 495 g/mol. The van der Waals surface area contributed by atoms with Crippen LogP contribution in [-0.2, 0) is 12.0 Å². The zero-order valence-corrected chi connectivity index (χ0v) is 21.2. The lowest BCUT2D eigenvalue weighted by Gasteiger charge is -2.37. The van der Waals surface area contributed by atoms with E-state index in [9.17, 15) is 10.2 Å². The Morgan fingerprint density at radius 2 is 1.30 bits per heavy atom. The van der Waals surface area contributed by atoms with Crippen LogP contribution in [0.3, 0.4) is 0 Å². The number of aliphatic imine (C=N–C) groups is 1. The van der Waals surface area contributed by atoms with Gasteiger partial charge in [0.1, 0.15) is 22.8 Å². The minimum absolute atomic E-state index is 0.132. The highest BCUT2D eigenvalue weighted by molar-refractivity contribution is 5.83. The second-order valence-corrected chi connectivity index (χ2v) is 8.90. The minimum Gasteiger partial charge on any atom is -0.507 e. The molecule has 5 nitrogen and oxygen atoms in total. The van der Waals surface area contributed by atoms with E-state index < -0.39 is 11.6 Å². The molecule has 2 N–H and O–H groups in total. The minimum atomic E-state index is -1.57. The van der Waals surface area contributed by atoms with Crippen molar-refractivity contribution in [3.05, 3.63) is 125 Å². The van der Waals surface area contributed by atoms with E-state index in [4.69, 9.17) is 14.5 Å². The lowest BCUT2D eigenvalue weighted by atomic mass is 9.77. The first-order valence-corrected chi connectivity index (χ1v) is 12.4. The zero-order chi connectivity index (χ0) is 26.1. The first-order valence-electron chi connectivity index (χ1n) is 12.4. The number of hydrogen-bond acceptors (Lipinski definition) is 5. The fourth-order valence-electron chi connectivity index (χ4n) is 4.73. The van der Waals surface area contributed by atoms with Crippen molar-refractivity contribution in [3.63, 3.8) is 0 Å². The second kappa shape index (κ2) is 12.2. The standard InChI is InChI=1S/C32H33NO4/c1-36-29-20-10-7-17-26(29)32(35,27-18-8-11-21-30(27)37-2)31(22-12-15-24-13-4-3-5-14-24)33-23-25-16-6-9-19-28(25)34/h3-11,13-14,16-21,23,31,34-35H,12,15,22H2,1-2H3. The van der Waals surface area contributed by atoms with Crippen LogP contribution in [0.15, 0.2) is 108 Å². The number of phenolic OH excluding ortho intramolecular Hbond substituents is 1. The number of aliphatic hydroxyl groups is 1. The van der Waals surface area contributed by atoms with Crippen molar-refractivity contribution in [2.24, 2.45) is 4.99 Å². The lowest BCUT2D eigenvalue weighted by Crippen LogP contribution is -2.40. The highest BCUT2D eigenvalue weighted by Gasteiger charge is 2.44. The molecule has 1 unspecified atom stereocenters. The van der Waals surface area contributed by atoms with Crippen LogP contribution in [0.2, 0.25) is 0 Å². The SMILES string of the molecule is COc1ccccc1C(O)(c1ccccc1OC)C(CCCc1ccccc1)N=Cc1ccccc1O. The van der Waals surface area contributed by atoms with Gasteiger partial charge in [-0.2, -0.15) is 0 Å². The van der Waals surface area contributed by atoms with E-state index >= 15 is 0 Å². The topological polar surface area (TPSA) is 71.3 Å². The van der Waals surface area contributed by atoms with Crippen LogP contribution in [0.25, 0.3) is 0 Å². The third kappa shape index (κ3) is 5.84. The van der Waals surface area contributed by atoms with Crippen LogP contribution >= 0.6 is 0 Å². The number of aryl methyl sites for hydroxylation is 1. The average Bonchev–Trinajstić information content (AvgIpc) is 2.95. The van der Waals surface area contributed by atoms with Crippen molar-refractivity contribution >= 4 is 6.21 Å².